The summed E-state index contributed by atoms with van der Waals surface area (Å²) in [5.41, 5.74) is 0.526. The van der Waals surface area contributed by atoms with Gasteiger partial charge in [0.25, 0.3) is 5.91 Å². The van der Waals surface area contributed by atoms with E-state index < -0.39 is 6.16 Å². The molecule has 0 aliphatic carbocycles. The summed E-state index contributed by atoms with van der Waals surface area (Å²) in [6, 6.07) is 6.46. The third-order valence-corrected chi connectivity index (χ3v) is 4.92. The van der Waals surface area contributed by atoms with Crippen molar-refractivity contribution in [2.45, 2.75) is 44.8 Å². The minimum absolute atomic E-state index is 0.0422. The molecule has 8 heteroatoms. The van der Waals surface area contributed by atoms with Gasteiger partial charge in [0.2, 0.25) is 5.91 Å². The molecule has 28 heavy (non-hydrogen) atoms. The maximum atomic E-state index is 12.7. The highest BCUT2D eigenvalue weighted by Gasteiger charge is 2.28. The summed E-state index contributed by atoms with van der Waals surface area (Å²) in [5, 5.41) is 3.03. The van der Waals surface area contributed by atoms with Crippen LogP contribution in [0, 0.1) is 0 Å². The van der Waals surface area contributed by atoms with Gasteiger partial charge >= 0.3 is 6.16 Å². The van der Waals surface area contributed by atoms with Crippen molar-refractivity contribution in [2.75, 3.05) is 26.3 Å². The van der Waals surface area contributed by atoms with Gasteiger partial charge in [0.1, 0.15) is 11.9 Å². The lowest BCUT2D eigenvalue weighted by Gasteiger charge is -2.33. The Morgan fingerprint density at radius 2 is 1.86 bits per heavy atom. The first-order valence-electron chi connectivity index (χ1n) is 9.72. The Bertz CT molecular complexity index is 691. The fraction of sp³-hybridized carbons (Fsp3) is 0.550. The number of rotatable bonds is 5. The van der Waals surface area contributed by atoms with Crippen LogP contribution >= 0.6 is 0 Å². The van der Waals surface area contributed by atoms with E-state index in [2.05, 4.69) is 5.32 Å². The predicted octanol–water partition coefficient (Wildman–Crippen LogP) is 2.12. The first-order valence-corrected chi connectivity index (χ1v) is 9.72. The minimum atomic E-state index is -0.770. The number of carbonyl (C=O) groups is 3. The van der Waals surface area contributed by atoms with Crippen LogP contribution in [0.3, 0.4) is 0 Å². The third-order valence-electron chi connectivity index (χ3n) is 4.92. The molecule has 2 aliphatic heterocycles. The molecular weight excluding hydrogens is 364 g/mol. The number of benzene rings is 1. The van der Waals surface area contributed by atoms with Crippen molar-refractivity contribution < 1.29 is 28.6 Å². The average Bonchev–Trinajstić information content (AvgIpc) is 3.24. The number of amides is 2. The van der Waals surface area contributed by atoms with Gasteiger partial charge in [-0.3, -0.25) is 9.59 Å². The molecule has 3 rings (SSSR count). The summed E-state index contributed by atoms with van der Waals surface area (Å²) >= 11 is 0. The Morgan fingerprint density at radius 1 is 1.14 bits per heavy atom. The van der Waals surface area contributed by atoms with Crippen LogP contribution in [0.15, 0.2) is 24.3 Å². The van der Waals surface area contributed by atoms with Crippen LogP contribution in [0.5, 0.6) is 5.75 Å². The van der Waals surface area contributed by atoms with Gasteiger partial charge in [-0.15, -0.1) is 0 Å². The molecule has 2 heterocycles. The van der Waals surface area contributed by atoms with Gasteiger partial charge in [-0.1, -0.05) is 0 Å². The highest BCUT2D eigenvalue weighted by Crippen LogP contribution is 2.18. The van der Waals surface area contributed by atoms with Crippen molar-refractivity contribution >= 4 is 18.0 Å². The SMILES string of the molecule is CCOC(=O)Oc1ccc(C(=O)N2CCC(NC(=O)C3CCCO3)CC2)cc1. The summed E-state index contributed by atoms with van der Waals surface area (Å²) in [7, 11) is 0. The number of nitrogens with zero attached hydrogens (tertiary/aromatic N) is 1. The summed E-state index contributed by atoms with van der Waals surface area (Å²) in [6.45, 7) is 3.74. The van der Waals surface area contributed by atoms with Crippen molar-refractivity contribution in [2.24, 2.45) is 0 Å². The molecule has 1 aromatic carbocycles. The summed E-state index contributed by atoms with van der Waals surface area (Å²) in [4.78, 5) is 37.9. The van der Waals surface area contributed by atoms with Crippen molar-refractivity contribution in [3.8, 4) is 5.75 Å². The second-order valence-corrected chi connectivity index (χ2v) is 6.89. The van der Waals surface area contributed by atoms with E-state index in [0.717, 1.165) is 12.8 Å². The fourth-order valence-electron chi connectivity index (χ4n) is 3.40. The molecule has 2 amide bonds. The van der Waals surface area contributed by atoms with Crippen molar-refractivity contribution in [3.63, 3.8) is 0 Å². The first kappa shape index (κ1) is 20.1. The number of hydrogen-bond acceptors (Lipinski definition) is 6. The Labute approximate surface area is 164 Å². The Morgan fingerprint density at radius 3 is 2.46 bits per heavy atom. The number of nitrogens with one attached hydrogen (secondary N) is 1. The van der Waals surface area contributed by atoms with Crippen LogP contribution in [0.25, 0.3) is 0 Å². The van der Waals surface area contributed by atoms with Crippen LogP contribution in [0.2, 0.25) is 0 Å². The van der Waals surface area contributed by atoms with Crippen molar-refractivity contribution in [3.05, 3.63) is 29.8 Å². The Balaban J connectivity index is 1.46. The fourth-order valence-corrected chi connectivity index (χ4v) is 3.40. The zero-order valence-corrected chi connectivity index (χ0v) is 16.0. The van der Waals surface area contributed by atoms with Crippen LogP contribution in [0.4, 0.5) is 4.79 Å². The number of hydrogen-bond donors (Lipinski definition) is 1. The first-order chi connectivity index (χ1) is 13.6. The largest absolute Gasteiger partial charge is 0.513 e. The van der Waals surface area contributed by atoms with Crippen LogP contribution in [-0.2, 0) is 14.3 Å². The van der Waals surface area contributed by atoms with E-state index in [1.807, 2.05) is 0 Å². The maximum Gasteiger partial charge on any atom is 0.513 e. The van der Waals surface area contributed by atoms with E-state index in [0.29, 0.717) is 43.9 Å². The number of piperidine rings is 1. The Kier molecular flexibility index (Phi) is 6.86. The molecule has 2 saturated heterocycles. The van der Waals surface area contributed by atoms with Crippen LogP contribution < -0.4 is 10.1 Å². The normalized spacial score (nSPS) is 19.9. The minimum Gasteiger partial charge on any atom is -0.434 e. The zero-order valence-electron chi connectivity index (χ0n) is 16.0. The van der Waals surface area contributed by atoms with Gasteiger partial charge in [0.15, 0.2) is 0 Å². The van der Waals surface area contributed by atoms with Crippen molar-refractivity contribution in [1.82, 2.24) is 10.2 Å². The Hall–Kier alpha value is -2.61. The molecule has 0 spiro atoms. The van der Waals surface area contributed by atoms with Crippen molar-refractivity contribution in [1.29, 1.82) is 0 Å². The molecule has 1 unspecified atom stereocenters. The van der Waals surface area contributed by atoms with Gasteiger partial charge in [-0.05, 0) is 56.9 Å². The lowest BCUT2D eigenvalue weighted by Crippen LogP contribution is -2.48. The molecule has 1 N–H and O–H groups in total. The standard InChI is InChI=1S/C20H26N2O6/c1-2-26-20(25)28-16-7-5-14(6-8-16)19(24)22-11-9-15(10-12-22)21-18(23)17-4-3-13-27-17/h5-8,15,17H,2-4,9-13H2,1H3,(H,21,23). The topological polar surface area (TPSA) is 94.2 Å². The van der Waals surface area contributed by atoms with E-state index in [1.54, 1.807) is 36.1 Å². The third kappa shape index (κ3) is 5.22. The second kappa shape index (κ2) is 9.54. The second-order valence-electron chi connectivity index (χ2n) is 6.89. The molecule has 8 nitrogen and oxygen atoms in total. The molecule has 0 aromatic heterocycles. The van der Waals surface area contributed by atoms with Crippen LogP contribution in [0.1, 0.15) is 43.0 Å². The van der Waals surface area contributed by atoms with Gasteiger partial charge in [0.05, 0.1) is 6.61 Å². The molecule has 1 atom stereocenters. The molecule has 1 aromatic rings. The lowest BCUT2D eigenvalue weighted by atomic mass is 10.0. The number of likely N-dealkylation sites (tertiary alicyclic amines) is 1. The molecule has 0 bridgehead atoms. The van der Waals surface area contributed by atoms with Gasteiger partial charge in [-0.25, -0.2) is 4.79 Å². The van der Waals surface area contributed by atoms with Crippen LogP contribution in [-0.4, -0.2) is 61.3 Å². The maximum absolute atomic E-state index is 12.7. The summed E-state index contributed by atoms with van der Waals surface area (Å²) in [6.07, 6.45) is 2.04. The van der Waals surface area contributed by atoms with Gasteiger partial charge in [-0.2, -0.15) is 0 Å². The molecule has 2 aliphatic rings. The quantitative estimate of drug-likeness (QED) is 0.611. The van der Waals surface area contributed by atoms with E-state index in [9.17, 15) is 14.4 Å². The van der Waals surface area contributed by atoms with E-state index in [4.69, 9.17) is 14.2 Å². The van der Waals surface area contributed by atoms with E-state index in [-0.39, 0.29) is 30.6 Å². The lowest BCUT2D eigenvalue weighted by molar-refractivity contribution is -0.131. The van der Waals surface area contributed by atoms with Gasteiger partial charge in [0, 0.05) is 31.3 Å². The molecule has 152 valence electrons. The average molecular weight is 390 g/mol. The molecule has 0 saturated carbocycles. The highest BCUT2D eigenvalue weighted by atomic mass is 16.7. The number of carbonyl (C=O) groups excluding carboxylic acids is 3. The van der Waals surface area contributed by atoms with E-state index in [1.165, 1.54) is 0 Å². The number of ether oxygens (including phenoxy) is 3. The summed E-state index contributed by atoms with van der Waals surface area (Å²) in [5.74, 6) is 0.205. The monoisotopic (exact) mass is 390 g/mol. The highest BCUT2D eigenvalue weighted by molar-refractivity contribution is 5.94. The molecular formula is C20H26N2O6. The van der Waals surface area contributed by atoms with Gasteiger partial charge < -0.3 is 24.4 Å². The zero-order chi connectivity index (χ0) is 19.9. The molecule has 0 radical (unpaired) electrons. The smallest absolute Gasteiger partial charge is 0.434 e. The predicted molar refractivity (Wildman–Crippen MR) is 100 cm³/mol. The summed E-state index contributed by atoms with van der Waals surface area (Å²) < 4.78 is 15.1. The molecule has 2 fully saturated rings. The van der Waals surface area contributed by atoms with E-state index >= 15 is 0 Å².